The smallest absolute Gasteiger partial charge is 0.287 e. The Labute approximate surface area is 97.4 Å². The van der Waals surface area contributed by atoms with Crippen LogP contribution >= 0.6 is 0 Å². The molecule has 0 bridgehead atoms. The van der Waals surface area contributed by atoms with Crippen molar-refractivity contribution in [3.8, 4) is 5.75 Å². The van der Waals surface area contributed by atoms with Gasteiger partial charge in [-0.1, -0.05) is 12.1 Å². The number of ketones is 1. The van der Waals surface area contributed by atoms with Gasteiger partial charge in [-0.2, -0.15) is 0 Å². The van der Waals surface area contributed by atoms with Gasteiger partial charge in [0.05, 0.1) is 11.6 Å². The van der Waals surface area contributed by atoms with E-state index in [1.165, 1.54) is 19.1 Å². The third-order valence-electron chi connectivity index (χ3n) is 2.64. The van der Waals surface area contributed by atoms with Crippen molar-refractivity contribution in [2.75, 3.05) is 0 Å². The third kappa shape index (κ3) is 1.87. The normalized spacial score (nSPS) is 19.4. The van der Waals surface area contributed by atoms with Gasteiger partial charge in [-0.3, -0.25) is 9.59 Å². The molecule has 1 unspecified atom stereocenters. The number of benzene rings is 1. The highest BCUT2D eigenvalue weighted by molar-refractivity contribution is 6.08. The molecular formula is C12H11NO4. The monoisotopic (exact) mass is 233 g/mol. The van der Waals surface area contributed by atoms with Crippen LogP contribution in [0.5, 0.6) is 5.75 Å². The van der Waals surface area contributed by atoms with Crippen molar-refractivity contribution in [2.45, 2.75) is 13.0 Å². The quantitative estimate of drug-likeness (QED) is 0.710. The van der Waals surface area contributed by atoms with Crippen LogP contribution in [-0.4, -0.2) is 21.9 Å². The highest BCUT2D eigenvalue weighted by atomic mass is 16.3. The number of carbonyl (C=O) groups excluding carboxylic acids is 2. The predicted molar refractivity (Wildman–Crippen MR) is 59.3 cm³/mol. The summed E-state index contributed by atoms with van der Waals surface area (Å²) >= 11 is 0. The average Bonchev–Trinajstić information content (AvgIpc) is 2.56. The van der Waals surface area contributed by atoms with Crippen LogP contribution in [0.15, 0.2) is 35.6 Å². The molecule has 0 aliphatic carbocycles. The molecule has 0 aromatic heterocycles. The maximum Gasteiger partial charge on any atom is 0.287 e. The third-order valence-corrected chi connectivity index (χ3v) is 2.64. The van der Waals surface area contributed by atoms with Crippen LogP contribution in [0.1, 0.15) is 18.5 Å². The molecule has 0 fully saturated rings. The second-order valence-electron chi connectivity index (χ2n) is 3.82. The first-order valence-corrected chi connectivity index (χ1v) is 5.04. The number of phenols is 1. The maximum atomic E-state index is 11.4. The average molecular weight is 233 g/mol. The fourth-order valence-corrected chi connectivity index (χ4v) is 1.82. The molecule has 1 aromatic carbocycles. The number of hydrogen-bond acceptors (Lipinski definition) is 4. The molecule has 1 amide bonds. The van der Waals surface area contributed by atoms with Crippen LogP contribution in [0.25, 0.3) is 0 Å². The van der Waals surface area contributed by atoms with Gasteiger partial charge in [-0.15, -0.1) is 0 Å². The van der Waals surface area contributed by atoms with E-state index in [-0.39, 0.29) is 17.1 Å². The fourth-order valence-electron chi connectivity index (χ4n) is 1.82. The van der Waals surface area contributed by atoms with Crippen molar-refractivity contribution < 1.29 is 19.8 Å². The van der Waals surface area contributed by atoms with Crippen LogP contribution in [0, 0.1) is 0 Å². The number of aliphatic hydroxyl groups excluding tert-OH is 1. The highest BCUT2D eigenvalue weighted by Crippen LogP contribution is 2.30. The van der Waals surface area contributed by atoms with E-state index < -0.39 is 17.7 Å². The zero-order chi connectivity index (χ0) is 12.6. The zero-order valence-electron chi connectivity index (χ0n) is 9.10. The van der Waals surface area contributed by atoms with Crippen LogP contribution in [0.2, 0.25) is 0 Å². The van der Waals surface area contributed by atoms with E-state index in [2.05, 4.69) is 5.32 Å². The van der Waals surface area contributed by atoms with Gasteiger partial charge in [0.15, 0.2) is 11.5 Å². The topological polar surface area (TPSA) is 86.6 Å². The molecule has 5 heteroatoms. The minimum atomic E-state index is -0.659. The Balaban J connectivity index is 2.44. The van der Waals surface area contributed by atoms with E-state index in [1.807, 2.05) is 0 Å². The van der Waals surface area contributed by atoms with Crippen molar-refractivity contribution in [1.29, 1.82) is 0 Å². The minimum Gasteiger partial charge on any atom is -0.508 e. The molecule has 1 atom stereocenters. The van der Waals surface area contributed by atoms with Crippen molar-refractivity contribution >= 4 is 11.7 Å². The van der Waals surface area contributed by atoms with Gasteiger partial charge >= 0.3 is 0 Å². The summed E-state index contributed by atoms with van der Waals surface area (Å²) < 4.78 is 0. The van der Waals surface area contributed by atoms with Gasteiger partial charge in [-0.25, -0.2) is 0 Å². The first kappa shape index (κ1) is 11.2. The standard InChI is InChI=1S/C12H11NO4/c1-6(14)9-10(13-12(17)11(9)16)7-2-4-8(15)5-3-7/h2-5,10,15-16H,1H3,(H,13,17). The Morgan fingerprint density at radius 1 is 1.24 bits per heavy atom. The largest absolute Gasteiger partial charge is 0.508 e. The highest BCUT2D eigenvalue weighted by Gasteiger charge is 2.35. The van der Waals surface area contributed by atoms with Crippen LogP contribution < -0.4 is 5.32 Å². The number of hydrogen-bond donors (Lipinski definition) is 3. The molecule has 1 heterocycles. The predicted octanol–water partition coefficient (Wildman–Crippen LogP) is 0.964. The number of amides is 1. The van der Waals surface area contributed by atoms with Gasteiger partial charge in [0, 0.05) is 0 Å². The second kappa shape index (κ2) is 3.93. The van der Waals surface area contributed by atoms with Gasteiger partial charge in [0.1, 0.15) is 5.75 Å². The first-order chi connectivity index (χ1) is 8.00. The zero-order valence-corrected chi connectivity index (χ0v) is 9.10. The van der Waals surface area contributed by atoms with Gasteiger partial charge in [0.2, 0.25) is 0 Å². The SMILES string of the molecule is CC(=O)C1=C(O)C(=O)NC1c1ccc(O)cc1. The van der Waals surface area contributed by atoms with Crippen LogP contribution in [-0.2, 0) is 9.59 Å². The second-order valence-corrected chi connectivity index (χ2v) is 3.82. The lowest BCUT2D eigenvalue weighted by molar-refractivity contribution is -0.119. The summed E-state index contributed by atoms with van der Waals surface area (Å²) in [6, 6.07) is 5.42. The number of nitrogens with one attached hydrogen (secondary N) is 1. The Hall–Kier alpha value is -2.30. The molecule has 0 saturated carbocycles. The van der Waals surface area contributed by atoms with E-state index in [0.717, 1.165) is 0 Å². The molecule has 1 aliphatic heterocycles. The molecule has 5 nitrogen and oxygen atoms in total. The lowest BCUT2D eigenvalue weighted by atomic mass is 9.98. The molecule has 1 aromatic rings. The number of aliphatic hydroxyl groups is 1. The Morgan fingerprint density at radius 2 is 1.82 bits per heavy atom. The van der Waals surface area contributed by atoms with E-state index in [1.54, 1.807) is 12.1 Å². The molecule has 0 spiro atoms. The van der Waals surface area contributed by atoms with E-state index in [9.17, 15) is 14.7 Å². The molecule has 88 valence electrons. The Kier molecular flexibility index (Phi) is 2.59. The van der Waals surface area contributed by atoms with Crippen LogP contribution in [0.4, 0.5) is 0 Å². The number of Topliss-reactive ketones (excluding diaryl/α,β-unsaturated/α-hetero) is 1. The first-order valence-electron chi connectivity index (χ1n) is 5.04. The number of carbonyl (C=O) groups is 2. The van der Waals surface area contributed by atoms with E-state index in [4.69, 9.17) is 5.11 Å². The van der Waals surface area contributed by atoms with Gasteiger partial charge in [0.25, 0.3) is 5.91 Å². The molecule has 1 aliphatic rings. The fraction of sp³-hybridized carbons (Fsp3) is 0.167. The maximum absolute atomic E-state index is 11.4. The summed E-state index contributed by atoms with van der Waals surface area (Å²) in [5.74, 6) is -1.46. The number of aromatic hydroxyl groups is 1. The molecule has 2 rings (SSSR count). The Morgan fingerprint density at radius 3 is 2.35 bits per heavy atom. The van der Waals surface area contributed by atoms with Gasteiger partial charge < -0.3 is 15.5 Å². The summed E-state index contributed by atoms with van der Waals surface area (Å²) in [5.41, 5.74) is 0.686. The van der Waals surface area contributed by atoms with E-state index >= 15 is 0 Å². The summed E-state index contributed by atoms with van der Waals surface area (Å²) in [5, 5.41) is 21.2. The number of phenolic OH excluding ortho intramolecular Hbond substituents is 1. The molecular weight excluding hydrogens is 222 g/mol. The van der Waals surface area contributed by atoms with Crippen molar-refractivity contribution in [3.63, 3.8) is 0 Å². The van der Waals surface area contributed by atoms with Gasteiger partial charge in [-0.05, 0) is 24.6 Å². The molecule has 17 heavy (non-hydrogen) atoms. The van der Waals surface area contributed by atoms with Crippen molar-refractivity contribution in [1.82, 2.24) is 5.32 Å². The minimum absolute atomic E-state index is 0.0562. The molecule has 3 N–H and O–H groups in total. The lowest BCUT2D eigenvalue weighted by Gasteiger charge is -2.13. The number of rotatable bonds is 2. The van der Waals surface area contributed by atoms with E-state index in [0.29, 0.717) is 5.56 Å². The lowest BCUT2D eigenvalue weighted by Crippen LogP contribution is -2.23. The Bertz CT molecular complexity index is 516. The van der Waals surface area contributed by atoms with Crippen molar-refractivity contribution in [2.24, 2.45) is 0 Å². The summed E-state index contributed by atoms with van der Waals surface area (Å²) in [4.78, 5) is 22.7. The van der Waals surface area contributed by atoms with Crippen LogP contribution in [0.3, 0.4) is 0 Å². The summed E-state index contributed by atoms with van der Waals surface area (Å²) in [6.45, 7) is 1.29. The van der Waals surface area contributed by atoms with Crippen molar-refractivity contribution in [3.05, 3.63) is 41.2 Å². The molecule has 0 saturated heterocycles. The summed E-state index contributed by atoms with van der Waals surface area (Å²) in [6.07, 6.45) is 0. The summed E-state index contributed by atoms with van der Waals surface area (Å²) in [7, 11) is 0. The molecule has 0 radical (unpaired) electrons.